The van der Waals surface area contributed by atoms with E-state index in [1.807, 2.05) is 0 Å². The number of nitrogens with one attached hydrogen (secondary N) is 1. The number of nitrogens with zero attached hydrogens (tertiary/aromatic N) is 1. The molecule has 1 aromatic carbocycles. The molecule has 130 valence electrons. The van der Waals surface area contributed by atoms with Crippen LogP contribution >= 0.6 is 0 Å². The van der Waals surface area contributed by atoms with Gasteiger partial charge in [-0.15, -0.1) is 0 Å². The van der Waals surface area contributed by atoms with E-state index >= 15 is 0 Å². The lowest BCUT2D eigenvalue weighted by molar-refractivity contribution is -0.125. The van der Waals surface area contributed by atoms with Crippen molar-refractivity contribution in [1.82, 2.24) is 5.32 Å². The Kier molecular flexibility index (Phi) is 5.92. The first kappa shape index (κ1) is 17.9. The molecule has 0 radical (unpaired) electrons. The van der Waals surface area contributed by atoms with Crippen LogP contribution in [0.3, 0.4) is 0 Å². The highest BCUT2D eigenvalue weighted by Gasteiger charge is 2.29. The minimum absolute atomic E-state index is 0.0151. The van der Waals surface area contributed by atoms with Crippen LogP contribution < -0.4 is 15.0 Å². The van der Waals surface area contributed by atoms with Crippen LogP contribution in [-0.2, 0) is 9.59 Å². The van der Waals surface area contributed by atoms with Gasteiger partial charge in [0.2, 0.25) is 5.91 Å². The van der Waals surface area contributed by atoms with Crippen molar-refractivity contribution in [3.05, 3.63) is 23.8 Å². The third-order valence-electron chi connectivity index (χ3n) is 3.86. The van der Waals surface area contributed by atoms with Crippen molar-refractivity contribution < 1.29 is 24.2 Å². The quantitative estimate of drug-likeness (QED) is 0.570. The van der Waals surface area contributed by atoms with Gasteiger partial charge in [-0.25, -0.2) is 0 Å². The van der Waals surface area contributed by atoms with E-state index in [-0.39, 0.29) is 37.0 Å². The van der Waals surface area contributed by atoms with Crippen LogP contribution in [-0.4, -0.2) is 49.0 Å². The fourth-order valence-corrected chi connectivity index (χ4v) is 2.45. The van der Waals surface area contributed by atoms with Gasteiger partial charge in [-0.2, -0.15) is 0 Å². The average molecular weight is 334 g/mol. The summed E-state index contributed by atoms with van der Waals surface area (Å²) in [5, 5.41) is 11.3. The van der Waals surface area contributed by atoms with Gasteiger partial charge in [0.15, 0.2) is 11.9 Å². The normalized spacial score (nSPS) is 16.4. The monoisotopic (exact) mass is 334 g/mol. The summed E-state index contributed by atoms with van der Waals surface area (Å²) in [5.74, 6) is -0.00736. The van der Waals surface area contributed by atoms with Crippen LogP contribution in [0.25, 0.3) is 0 Å². The molecule has 1 atom stereocenters. The molecular weight excluding hydrogens is 312 g/mol. The van der Waals surface area contributed by atoms with Gasteiger partial charge in [-0.3, -0.25) is 14.4 Å². The van der Waals surface area contributed by atoms with Gasteiger partial charge in [0, 0.05) is 38.6 Å². The van der Waals surface area contributed by atoms with E-state index in [4.69, 9.17) is 9.84 Å². The van der Waals surface area contributed by atoms with Crippen molar-refractivity contribution in [1.29, 1.82) is 0 Å². The van der Waals surface area contributed by atoms with Gasteiger partial charge < -0.3 is 20.1 Å². The lowest BCUT2D eigenvalue weighted by Gasteiger charge is -2.30. The highest BCUT2D eigenvalue weighted by atomic mass is 16.5. The number of benzene rings is 1. The molecular formula is C17H22N2O5. The van der Waals surface area contributed by atoms with Gasteiger partial charge >= 0.3 is 0 Å². The number of carbonyl (C=O) groups excluding carboxylic acids is 3. The first-order valence-electron chi connectivity index (χ1n) is 7.93. The van der Waals surface area contributed by atoms with E-state index in [9.17, 15) is 14.4 Å². The van der Waals surface area contributed by atoms with E-state index in [0.717, 1.165) is 0 Å². The van der Waals surface area contributed by atoms with Gasteiger partial charge in [0.05, 0.1) is 5.69 Å². The fraction of sp³-hybridized carbons (Fsp3) is 0.471. The molecule has 2 amide bonds. The molecule has 24 heavy (non-hydrogen) atoms. The van der Waals surface area contributed by atoms with Gasteiger partial charge in [-0.05, 0) is 31.5 Å². The lowest BCUT2D eigenvalue weighted by Crippen LogP contribution is -2.42. The molecule has 0 saturated heterocycles. The number of aliphatic hydroxyl groups is 1. The molecule has 0 aromatic heterocycles. The molecule has 1 heterocycles. The Morgan fingerprint density at radius 3 is 2.79 bits per heavy atom. The molecule has 1 aliphatic rings. The summed E-state index contributed by atoms with van der Waals surface area (Å²) in [6, 6.07) is 4.93. The van der Waals surface area contributed by atoms with Crippen LogP contribution in [0.15, 0.2) is 18.2 Å². The third kappa shape index (κ3) is 4.11. The molecule has 0 saturated carbocycles. The SMILES string of the molecule is CC1Oc2ccc(C(=O)CCC(=O)NCCCO)cc2N(C)C1=O. The third-order valence-corrected chi connectivity index (χ3v) is 3.86. The summed E-state index contributed by atoms with van der Waals surface area (Å²) in [7, 11) is 1.64. The summed E-state index contributed by atoms with van der Waals surface area (Å²) < 4.78 is 5.52. The predicted molar refractivity (Wildman–Crippen MR) is 88.2 cm³/mol. The zero-order chi connectivity index (χ0) is 17.7. The molecule has 7 heteroatoms. The molecule has 1 unspecified atom stereocenters. The summed E-state index contributed by atoms with van der Waals surface area (Å²) in [5.41, 5.74) is 0.992. The minimum atomic E-state index is -0.549. The highest BCUT2D eigenvalue weighted by molar-refractivity contribution is 6.03. The Bertz CT molecular complexity index is 644. The number of rotatable bonds is 7. The molecule has 7 nitrogen and oxygen atoms in total. The van der Waals surface area contributed by atoms with Crippen LogP contribution in [0.5, 0.6) is 5.75 Å². The number of anilines is 1. The van der Waals surface area contributed by atoms with E-state index in [1.165, 1.54) is 4.90 Å². The lowest BCUT2D eigenvalue weighted by atomic mass is 10.0. The second kappa shape index (κ2) is 7.92. The van der Waals surface area contributed by atoms with Crippen molar-refractivity contribution >= 4 is 23.3 Å². The Labute approximate surface area is 140 Å². The summed E-state index contributed by atoms with van der Waals surface area (Å²) in [6.07, 6.45) is 0.109. The molecule has 1 aromatic rings. The molecule has 0 fully saturated rings. The Hall–Kier alpha value is -2.41. The summed E-state index contributed by atoms with van der Waals surface area (Å²) >= 11 is 0. The van der Waals surface area contributed by atoms with E-state index in [2.05, 4.69) is 5.32 Å². The topological polar surface area (TPSA) is 95.9 Å². The second-order valence-corrected chi connectivity index (χ2v) is 5.69. The Morgan fingerprint density at radius 2 is 2.08 bits per heavy atom. The maximum absolute atomic E-state index is 12.3. The van der Waals surface area contributed by atoms with E-state index in [0.29, 0.717) is 30.0 Å². The molecule has 2 rings (SSSR count). The number of carbonyl (C=O) groups is 3. The number of ketones is 1. The Balaban J connectivity index is 1.99. The smallest absolute Gasteiger partial charge is 0.267 e. The number of likely N-dealkylation sites (N-methyl/N-ethyl adjacent to an activating group) is 1. The zero-order valence-corrected chi connectivity index (χ0v) is 13.9. The van der Waals surface area contributed by atoms with Gasteiger partial charge in [0.1, 0.15) is 5.75 Å². The first-order valence-corrected chi connectivity index (χ1v) is 7.93. The van der Waals surface area contributed by atoms with Crippen LogP contribution in [0.2, 0.25) is 0 Å². The van der Waals surface area contributed by atoms with E-state index < -0.39 is 6.10 Å². The first-order chi connectivity index (χ1) is 11.4. The van der Waals surface area contributed by atoms with Crippen molar-refractivity contribution in [2.45, 2.75) is 32.3 Å². The van der Waals surface area contributed by atoms with Crippen molar-refractivity contribution in [3.63, 3.8) is 0 Å². The summed E-state index contributed by atoms with van der Waals surface area (Å²) in [6.45, 7) is 2.09. The van der Waals surface area contributed by atoms with Gasteiger partial charge in [0.25, 0.3) is 5.91 Å². The standard InChI is InChI=1S/C17H22N2O5/c1-11-17(23)19(2)13-10-12(4-6-15(13)24-11)14(21)5-7-16(22)18-8-3-9-20/h4,6,10-11,20H,3,5,7-9H2,1-2H3,(H,18,22). The molecule has 0 spiro atoms. The summed E-state index contributed by atoms with van der Waals surface area (Å²) in [4.78, 5) is 37.3. The minimum Gasteiger partial charge on any atom is -0.479 e. The number of amides is 2. The maximum atomic E-state index is 12.3. The average Bonchev–Trinajstić information content (AvgIpc) is 2.57. The fourth-order valence-electron chi connectivity index (χ4n) is 2.45. The van der Waals surface area contributed by atoms with Crippen LogP contribution in [0.1, 0.15) is 36.5 Å². The van der Waals surface area contributed by atoms with Gasteiger partial charge in [-0.1, -0.05) is 0 Å². The maximum Gasteiger partial charge on any atom is 0.267 e. The van der Waals surface area contributed by atoms with Crippen LogP contribution in [0, 0.1) is 0 Å². The van der Waals surface area contributed by atoms with E-state index in [1.54, 1.807) is 32.2 Å². The molecule has 1 aliphatic heterocycles. The molecule has 2 N–H and O–H groups in total. The number of fused-ring (bicyclic) bond motifs is 1. The molecule has 0 aliphatic carbocycles. The number of ether oxygens (including phenoxy) is 1. The predicted octanol–water partition coefficient (Wildman–Crippen LogP) is 0.892. The number of hydrogen-bond acceptors (Lipinski definition) is 5. The van der Waals surface area contributed by atoms with Crippen molar-refractivity contribution in [3.8, 4) is 5.75 Å². The molecule has 0 bridgehead atoms. The largest absolute Gasteiger partial charge is 0.479 e. The number of aliphatic hydroxyl groups excluding tert-OH is 1. The second-order valence-electron chi connectivity index (χ2n) is 5.69. The Morgan fingerprint density at radius 1 is 1.33 bits per heavy atom. The van der Waals surface area contributed by atoms with Crippen molar-refractivity contribution in [2.24, 2.45) is 0 Å². The number of Topliss-reactive ketones (excluding diaryl/α,β-unsaturated/α-hetero) is 1. The zero-order valence-electron chi connectivity index (χ0n) is 13.9. The van der Waals surface area contributed by atoms with Crippen LogP contribution in [0.4, 0.5) is 5.69 Å². The highest BCUT2D eigenvalue weighted by Crippen LogP contribution is 2.34. The number of hydrogen-bond donors (Lipinski definition) is 2. The van der Waals surface area contributed by atoms with Crippen molar-refractivity contribution in [2.75, 3.05) is 25.1 Å².